The van der Waals surface area contributed by atoms with Gasteiger partial charge >= 0.3 is 0 Å². The highest BCUT2D eigenvalue weighted by Gasteiger charge is 2.25. The Hall–Kier alpha value is -2.06. The van der Waals surface area contributed by atoms with E-state index in [-0.39, 0.29) is 5.91 Å². The molecule has 0 aliphatic heterocycles. The third-order valence-corrected chi connectivity index (χ3v) is 5.56. The number of amides is 1. The fourth-order valence-electron chi connectivity index (χ4n) is 2.51. The van der Waals surface area contributed by atoms with Gasteiger partial charge in [-0.15, -0.1) is 11.3 Å². The zero-order valence-corrected chi connectivity index (χ0v) is 14.2. The van der Waals surface area contributed by atoms with Gasteiger partial charge in [0, 0.05) is 22.6 Å². The Morgan fingerprint density at radius 2 is 2.22 bits per heavy atom. The third kappa shape index (κ3) is 2.79. The maximum absolute atomic E-state index is 12.5. The average molecular weight is 345 g/mol. The molecule has 0 saturated heterocycles. The van der Waals surface area contributed by atoms with E-state index in [1.807, 2.05) is 23.7 Å². The maximum atomic E-state index is 12.5. The number of thiophene rings is 1. The van der Waals surface area contributed by atoms with Gasteiger partial charge in [-0.2, -0.15) is 14.5 Å². The SMILES string of the molecule is Cc1ccc(-c2nsc(NC(=O)c3ccnn3C3CCC3)n2)s1. The van der Waals surface area contributed by atoms with Gasteiger partial charge in [-0.1, -0.05) is 0 Å². The Kier molecular flexibility index (Phi) is 3.70. The highest BCUT2D eigenvalue weighted by molar-refractivity contribution is 7.15. The summed E-state index contributed by atoms with van der Waals surface area (Å²) < 4.78 is 6.15. The summed E-state index contributed by atoms with van der Waals surface area (Å²) in [4.78, 5) is 19.1. The predicted octanol–water partition coefficient (Wildman–Crippen LogP) is 3.75. The lowest BCUT2D eigenvalue weighted by molar-refractivity contribution is 0.100. The highest BCUT2D eigenvalue weighted by atomic mass is 32.1. The molecule has 118 valence electrons. The molecule has 0 radical (unpaired) electrons. The molecule has 1 fully saturated rings. The van der Waals surface area contributed by atoms with Crippen LogP contribution < -0.4 is 5.32 Å². The van der Waals surface area contributed by atoms with Crippen LogP contribution in [0.25, 0.3) is 10.7 Å². The predicted molar refractivity (Wildman–Crippen MR) is 91.0 cm³/mol. The van der Waals surface area contributed by atoms with Gasteiger partial charge in [0.15, 0.2) is 5.82 Å². The third-order valence-electron chi connectivity index (χ3n) is 3.93. The Labute approximate surface area is 141 Å². The molecular weight excluding hydrogens is 330 g/mol. The molecule has 3 aromatic heterocycles. The number of aromatic nitrogens is 4. The lowest BCUT2D eigenvalue weighted by Crippen LogP contribution is -2.24. The lowest BCUT2D eigenvalue weighted by Gasteiger charge is -2.26. The molecule has 1 amide bonds. The van der Waals surface area contributed by atoms with E-state index >= 15 is 0 Å². The number of hydrogen-bond acceptors (Lipinski definition) is 6. The minimum Gasteiger partial charge on any atom is -0.295 e. The quantitative estimate of drug-likeness (QED) is 0.781. The summed E-state index contributed by atoms with van der Waals surface area (Å²) in [6.45, 7) is 2.05. The Balaban J connectivity index is 1.51. The number of nitrogens with zero attached hydrogens (tertiary/aromatic N) is 4. The zero-order chi connectivity index (χ0) is 15.8. The van der Waals surface area contributed by atoms with Crippen molar-refractivity contribution in [3.63, 3.8) is 0 Å². The van der Waals surface area contributed by atoms with E-state index in [9.17, 15) is 4.79 Å². The second kappa shape index (κ2) is 5.86. The summed E-state index contributed by atoms with van der Waals surface area (Å²) >= 11 is 2.84. The van der Waals surface area contributed by atoms with Crippen molar-refractivity contribution in [2.45, 2.75) is 32.2 Å². The van der Waals surface area contributed by atoms with Gasteiger partial charge in [0.2, 0.25) is 5.13 Å². The standard InChI is InChI=1S/C15H15N5OS2/c1-9-5-6-12(22-9)13-17-15(23-19-13)18-14(21)11-7-8-16-20(11)10-3-2-4-10/h5-8,10H,2-4H2,1H3,(H,17,18,19,21). The molecule has 1 aliphatic rings. The van der Waals surface area contributed by atoms with Crippen LogP contribution in [-0.2, 0) is 0 Å². The summed E-state index contributed by atoms with van der Waals surface area (Å²) in [6, 6.07) is 6.14. The van der Waals surface area contributed by atoms with Crippen LogP contribution in [0.15, 0.2) is 24.4 Å². The van der Waals surface area contributed by atoms with Gasteiger partial charge in [-0.25, -0.2) is 0 Å². The van der Waals surface area contributed by atoms with E-state index in [1.54, 1.807) is 23.6 Å². The molecule has 1 N–H and O–H groups in total. The van der Waals surface area contributed by atoms with E-state index in [1.165, 1.54) is 22.8 Å². The topological polar surface area (TPSA) is 72.7 Å². The van der Waals surface area contributed by atoms with E-state index in [4.69, 9.17) is 0 Å². The van der Waals surface area contributed by atoms with E-state index in [0.29, 0.717) is 22.7 Å². The summed E-state index contributed by atoms with van der Waals surface area (Å²) in [5.74, 6) is 0.482. The van der Waals surface area contributed by atoms with Crippen molar-refractivity contribution in [3.05, 3.63) is 35.0 Å². The molecule has 0 aromatic carbocycles. The van der Waals surface area contributed by atoms with Crippen molar-refractivity contribution in [1.29, 1.82) is 0 Å². The van der Waals surface area contributed by atoms with Gasteiger partial charge in [0.05, 0.1) is 10.9 Å². The monoisotopic (exact) mass is 345 g/mol. The first kappa shape index (κ1) is 14.5. The minimum absolute atomic E-state index is 0.181. The van der Waals surface area contributed by atoms with Crippen molar-refractivity contribution in [1.82, 2.24) is 19.1 Å². The summed E-state index contributed by atoms with van der Waals surface area (Å²) in [7, 11) is 0. The Morgan fingerprint density at radius 3 is 2.91 bits per heavy atom. The molecule has 0 spiro atoms. The highest BCUT2D eigenvalue weighted by Crippen LogP contribution is 2.32. The first-order valence-electron chi connectivity index (χ1n) is 7.46. The van der Waals surface area contributed by atoms with Gasteiger partial charge < -0.3 is 0 Å². The maximum Gasteiger partial charge on any atom is 0.275 e. The van der Waals surface area contributed by atoms with Crippen LogP contribution in [0.3, 0.4) is 0 Å². The zero-order valence-electron chi connectivity index (χ0n) is 12.5. The average Bonchev–Trinajstić information content (AvgIpc) is 3.17. The van der Waals surface area contributed by atoms with E-state index in [0.717, 1.165) is 17.7 Å². The number of rotatable bonds is 4. The number of carbonyl (C=O) groups excluding carboxylic acids is 1. The van der Waals surface area contributed by atoms with Crippen molar-refractivity contribution in [2.24, 2.45) is 0 Å². The fourth-order valence-corrected chi connectivity index (χ4v) is 3.94. The molecule has 3 heterocycles. The summed E-state index contributed by atoms with van der Waals surface area (Å²) in [5.41, 5.74) is 0.582. The fraction of sp³-hybridized carbons (Fsp3) is 0.333. The van der Waals surface area contributed by atoms with E-state index < -0.39 is 0 Å². The molecule has 0 unspecified atom stereocenters. The van der Waals surface area contributed by atoms with Crippen LogP contribution in [0.2, 0.25) is 0 Å². The number of aryl methyl sites for hydroxylation is 1. The van der Waals surface area contributed by atoms with Gasteiger partial charge in [0.25, 0.3) is 5.91 Å². The number of nitrogens with one attached hydrogen (secondary N) is 1. The van der Waals surface area contributed by atoms with Crippen LogP contribution in [-0.4, -0.2) is 25.0 Å². The largest absolute Gasteiger partial charge is 0.295 e. The second-order valence-corrected chi connectivity index (χ2v) is 7.57. The molecule has 6 nitrogen and oxygen atoms in total. The van der Waals surface area contributed by atoms with Crippen molar-refractivity contribution in [3.8, 4) is 10.7 Å². The molecule has 8 heteroatoms. The molecule has 23 heavy (non-hydrogen) atoms. The van der Waals surface area contributed by atoms with Crippen molar-refractivity contribution >= 4 is 33.9 Å². The van der Waals surface area contributed by atoms with Crippen LogP contribution in [0.4, 0.5) is 5.13 Å². The minimum atomic E-state index is -0.181. The smallest absolute Gasteiger partial charge is 0.275 e. The van der Waals surface area contributed by atoms with Crippen molar-refractivity contribution < 1.29 is 4.79 Å². The summed E-state index contributed by atoms with van der Waals surface area (Å²) in [6.07, 6.45) is 5.05. The molecule has 4 rings (SSSR count). The molecule has 0 atom stereocenters. The molecule has 3 aromatic rings. The van der Waals surface area contributed by atoms with E-state index in [2.05, 4.69) is 19.8 Å². The van der Waals surface area contributed by atoms with Crippen LogP contribution in [0.1, 0.15) is 40.7 Å². The Morgan fingerprint density at radius 1 is 1.35 bits per heavy atom. The van der Waals surface area contributed by atoms with Crippen LogP contribution >= 0.6 is 22.9 Å². The van der Waals surface area contributed by atoms with Crippen LogP contribution in [0, 0.1) is 6.92 Å². The van der Waals surface area contributed by atoms with Crippen molar-refractivity contribution in [2.75, 3.05) is 5.32 Å². The lowest BCUT2D eigenvalue weighted by atomic mass is 9.93. The normalized spacial score (nSPS) is 14.7. The molecule has 1 saturated carbocycles. The molecule has 1 aliphatic carbocycles. The van der Waals surface area contributed by atoms with Gasteiger partial charge in [-0.3, -0.25) is 14.8 Å². The number of carbonyl (C=O) groups is 1. The first-order chi connectivity index (χ1) is 11.2. The molecule has 0 bridgehead atoms. The molecular formula is C15H15N5OS2. The first-order valence-corrected chi connectivity index (χ1v) is 9.05. The van der Waals surface area contributed by atoms with Crippen LogP contribution in [0.5, 0.6) is 0 Å². The van der Waals surface area contributed by atoms with Gasteiger partial charge in [0.1, 0.15) is 5.69 Å². The summed E-state index contributed by atoms with van der Waals surface area (Å²) in [5, 5.41) is 7.63. The Bertz CT molecular complexity index is 846. The number of anilines is 1. The second-order valence-electron chi connectivity index (χ2n) is 5.53. The van der Waals surface area contributed by atoms with Gasteiger partial charge in [-0.05, 0) is 44.4 Å². The number of hydrogen-bond donors (Lipinski definition) is 1.